The van der Waals surface area contributed by atoms with Crippen molar-refractivity contribution < 1.29 is 14.8 Å². The number of fused-ring (bicyclic) bond motifs is 2. The number of amides is 1. The molecule has 5 nitrogen and oxygen atoms in total. The van der Waals surface area contributed by atoms with Crippen molar-refractivity contribution in [3.05, 3.63) is 0 Å². The molecule has 2 saturated carbocycles. The Morgan fingerprint density at radius 3 is 2.35 bits per heavy atom. The van der Waals surface area contributed by atoms with Gasteiger partial charge in [0.1, 0.15) is 11.1 Å². The topological polar surface area (TPSA) is 78.8 Å². The molecule has 1 amide bonds. The lowest BCUT2D eigenvalue weighted by Gasteiger charge is -2.37. The van der Waals surface area contributed by atoms with Gasteiger partial charge < -0.3 is 10.5 Å². The molecule has 0 aromatic carbocycles. The Hall–Kier alpha value is -1.39. The molecule has 2 rings (SSSR count). The highest BCUT2D eigenvalue weighted by atomic mass is 16.4. The van der Waals surface area contributed by atoms with E-state index in [9.17, 15) is 9.59 Å². The Balaban J connectivity index is 2.70. The first kappa shape index (κ1) is 12.1. The molecular weight excluding hydrogens is 220 g/mol. The molecule has 17 heavy (non-hydrogen) atoms. The van der Waals surface area contributed by atoms with Crippen LogP contribution in [-0.4, -0.2) is 29.7 Å². The maximum absolute atomic E-state index is 12.4. The third-order valence-electron chi connectivity index (χ3n) is 5.29. The van der Waals surface area contributed by atoms with Crippen molar-refractivity contribution >= 4 is 17.4 Å². The molecule has 2 fully saturated rings. The van der Waals surface area contributed by atoms with Gasteiger partial charge in [-0.3, -0.25) is 9.59 Å². The second-order valence-electron chi connectivity index (χ2n) is 5.72. The quantitative estimate of drug-likeness (QED) is 0.405. The van der Waals surface area contributed by atoms with Crippen LogP contribution in [0.5, 0.6) is 0 Å². The van der Waals surface area contributed by atoms with Gasteiger partial charge in [-0.15, -0.1) is 0 Å². The van der Waals surface area contributed by atoms with Gasteiger partial charge >= 0.3 is 0 Å². The lowest BCUT2D eigenvalue weighted by molar-refractivity contribution is -0.143. The summed E-state index contributed by atoms with van der Waals surface area (Å²) in [5.74, 6) is -0.590. The Kier molecular flexibility index (Phi) is 2.19. The van der Waals surface area contributed by atoms with E-state index in [0.29, 0.717) is 12.8 Å². The number of oxime groups is 1. The van der Waals surface area contributed by atoms with Crippen molar-refractivity contribution in [1.82, 2.24) is 5.32 Å². The van der Waals surface area contributed by atoms with Crippen molar-refractivity contribution in [3.63, 3.8) is 0 Å². The van der Waals surface area contributed by atoms with Gasteiger partial charge in [-0.05, 0) is 18.3 Å². The average Bonchev–Trinajstić information content (AvgIpc) is 2.55. The molecule has 0 aromatic rings. The Morgan fingerprint density at radius 1 is 1.35 bits per heavy atom. The summed E-state index contributed by atoms with van der Waals surface area (Å²) >= 11 is 0. The van der Waals surface area contributed by atoms with E-state index >= 15 is 0 Å². The molecule has 0 radical (unpaired) electrons. The SMILES string of the molecule is CNC(=O)C12CCC(C)(C(=NO)C1=O)C2(C)C. The molecule has 0 saturated heterocycles. The van der Waals surface area contributed by atoms with E-state index < -0.39 is 16.2 Å². The van der Waals surface area contributed by atoms with Crippen molar-refractivity contribution in [3.8, 4) is 0 Å². The number of hydrogen-bond donors (Lipinski definition) is 2. The molecule has 2 N–H and O–H groups in total. The zero-order chi connectivity index (χ0) is 13.1. The van der Waals surface area contributed by atoms with Crippen LogP contribution >= 0.6 is 0 Å². The molecule has 0 aromatic heterocycles. The van der Waals surface area contributed by atoms with Crippen molar-refractivity contribution in [2.24, 2.45) is 21.4 Å². The summed E-state index contributed by atoms with van der Waals surface area (Å²) in [5, 5.41) is 14.8. The van der Waals surface area contributed by atoms with E-state index in [0.717, 1.165) is 0 Å². The summed E-state index contributed by atoms with van der Waals surface area (Å²) in [5.41, 5.74) is -1.97. The van der Waals surface area contributed by atoms with E-state index in [1.54, 1.807) is 0 Å². The maximum atomic E-state index is 12.4. The zero-order valence-corrected chi connectivity index (χ0v) is 10.6. The first-order valence-corrected chi connectivity index (χ1v) is 5.79. The molecule has 94 valence electrons. The summed E-state index contributed by atoms with van der Waals surface area (Å²) in [6.07, 6.45) is 1.21. The van der Waals surface area contributed by atoms with Crippen LogP contribution in [0.25, 0.3) is 0 Å². The van der Waals surface area contributed by atoms with Gasteiger partial charge in [0.25, 0.3) is 0 Å². The molecule has 0 aliphatic heterocycles. The number of ketones is 1. The number of carbonyl (C=O) groups excluding carboxylic acids is 2. The average molecular weight is 238 g/mol. The highest BCUT2D eigenvalue weighted by Crippen LogP contribution is 2.69. The summed E-state index contributed by atoms with van der Waals surface area (Å²) in [4.78, 5) is 24.5. The number of carbonyl (C=O) groups is 2. The molecular formula is C12H18N2O3. The summed E-state index contributed by atoms with van der Waals surface area (Å²) in [6.45, 7) is 5.72. The fraction of sp³-hybridized carbons (Fsp3) is 0.750. The lowest BCUT2D eigenvalue weighted by Crippen LogP contribution is -2.49. The second kappa shape index (κ2) is 3.09. The summed E-state index contributed by atoms with van der Waals surface area (Å²) in [6, 6.07) is 0. The maximum Gasteiger partial charge on any atom is 0.234 e. The molecule has 2 aliphatic carbocycles. The lowest BCUT2D eigenvalue weighted by atomic mass is 9.64. The van der Waals surface area contributed by atoms with Crippen molar-refractivity contribution in [2.45, 2.75) is 33.6 Å². The Labute approximate surface area is 100 Å². The third kappa shape index (κ3) is 0.944. The van der Waals surface area contributed by atoms with Gasteiger partial charge in [0, 0.05) is 12.5 Å². The summed E-state index contributed by atoms with van der Waals surface area (Å²) in [7, 11) is 1.53. The van der Waals surface area contributed by atoms with E-state index in [1.807, 2.05) is 20.8 Å². The number of Topliss-reactive ketones (excluding diaryl/α,β-unsaturated/α-hetero) is 1. The monoisotopic (exact) mass is 238 g/mol. The number of hydrogen-bond acceptors (Lipinski definition) is 4. The van der Waals surface area contributed by atoms with E-state index in [2.05, 4.69) is 10.5 Å². The van der Waals surface area contributed by atoms with Gasteiger partial charge in [-0.2, -0.15) is 0 Å². The van der Waals surface area contributed by atoms with Gasteiger partial charge in [0.15, 0.2) is 5.78 Å². The van der Waals surface area contributed by atoms with E-state index in [1.165, 1.54) is 7.05 Å². The van der Waals surface area contributed by atoms with Crippen LogP contribution in [0.15, 0.2) is 5.16 Å². The summed E-state index contributed by atoms with van der Waals surface area (Å²) < 4.78 is 0. The van der Waals surface area contributed by atoms with Crippen molar-refractivity contribution in [2.75, 3.05) is 7.05 Å². The second-order valence-corrected chi connectivity index (χ2v) is 5.72. The van der Waals surface area contributed by atoms with Crippen molar-refractivity contribution in [1.29, 1.82) is 0 Å². The number of nitrogens with zero attached hydrogens (tertiary/aromatic N) is 1. The van der Waals surface area contributed by atoms with Gasteiger partial charge in [-0.25, -0.2) is 0 Å². The molecule has 2 unspecified atom stereocenters. The van der Waals surface area contributed by atoms with Crippen LogP contribution in [0.1, 0.15) is 33.6 Å². The van der Waals surface area contributed by atoms with Gasteiger partial charge in [0.2, 0.25) is 5.91 Å². The fourth-order valence-electron chi connectivity index (χ4n) is 3.67. The van der Waals surface area contributed by atoms with Gasteiger partial charge in [0.05, 0.1) is 0 Å². The fourth-order valence-corrected chi connectivity index (χ4v) is 3.67. The number of rotatable bonds is 1. The van der Waals surface area contributed by atoms with Crippen LogP contribution in [0.3, 0.4) is 0 Å². The highest BCUT2D eigenvalue weighted by molar-refractivity contribution is 6.50. The first-order chi connectivity index (χ1) is 7.79. The number of nitrogens with one attached hydrogen (secondary N) is 1. The molecule has 5 heteroatoms. The Bertz CT molecular complexity index is 441. The molecule has 2 atom stereocenters. The molecule has 0 heterocycles. The van der Waals surface area contributed by atoms with Gasteiger partial charge in [-0.1, -0.05) is 25.9 Å². The van der Waals surface area contributed by atoms with E-state index in [-0.39, 0.29) is 17.4 Å². The predicted molar refractivity (Wildman–Crippen MR) is 61.9 cm³/mol. The van der Waals surface area contributed by atoms with Crippen LogP contribution in [0.2, 0.25) is 0 Å². The standard InChI is InChI=1S/C12H18N2O3/c1-10(2)11(3)5-6-12(10,9(16)13-4)8(15)7(11)14-17/h17H,5-6H2,1-4H3,(H,13,16). The predicted octanol–water partition coefficient (Wildman–Crippen LogP) is 0.958. The minimum absolute atomic E-state index is 0.150. The van der Waals surface area contributed by atoms with E-state index in [4.69, 9.17) is 5.21 Å². The molecule has 2 bridgehead atoms. The smallest absolute Gasteiger partial charge is 0.234 e. The van der Waals surface area contributed by atoms with Crippen LogP contribution in [0.4, 0.5) is 0 Å². The molecule has 2 aliphatic rings. The normalized spacial score (nSPS) is 40.9. The highest BCUT2D eigenvalue weighted by Gasteiger charge is 2.76. The zero-order valence-electron chi connectivity index (χ0n) is 10.6. The van der Waals surface area contributed by atoms with Crippen LogP contribution in [0, 0.1) is 16.2 Å². The Morgan fingerprint density at radius 2 is 1.94 bits per heavy atom. The minimum atomic E-state index is -1.07. The first-order valence-electron chi connectivity index (χ1n) is 5.79. The van der Waals surface area contributed by atoms with Crippen LogP contribution in [-0.2, 0) is 9.59 Å². The largest absolute Gasteiger partial charge is 0.411 e. The minimum Gasteiger partial charge on any atom is -0.411 e. The van der Waals surface area contributed by atoms with Crippen LogP contribution < -0.4 is 5.32 Å². The third-order valence-corrected chi connectivity index (χ3v) is 5.29. The molecule has 0 spiro atoms.